The Morgan fingerprint density at radius 2 is 1.85 bits per heavy atom. The number of nitrogens with zero attached hydrogens (tertiary/aromatic N) is 2. The van der Waals surface area contributed by atoms with E-state index in [9.17, 15) is 0 Å². The topological polar surface area (TPSA) is 27.0 Å². The molecule has 0 aliphatic rings. The zero-order valence-electron chi connectivity index (χ0n) is 9.43. The van der Waals surface area contributed by atoms with E-state index in [0.717, 1.165) is 13.0 Å². The maximum Gasteiger partial charge on any atom is 0.119 e. The summed E-state index contributed by atoms with van der Waals surface area (Å²) in [6.07, 6.45) is 2.94. The molecule has 0 bridgehead atoms. The molecule has 0 saturated heterocycles. The highest BCUT2D eigenvalue weighted by Gasteiger charge is 2.21. The van der Waals surface area contributed by atoms with Crippen LogP contribution in [-0.2, 0) is 0 Å². The summed E-state index contributed by atoms with van der Waals surface area (Å²) in [6, 6.07) is 2.19. The Balaban J connectivity index is 3.68. The van der Waals surface area contributed by atoms with Crippen molar-refractivity contribution < 1.29 is 0 Å². The van der Waals surface area contributed by atoms with Gasteiger partial charge in [0.25, 0.3) is 0 Å². The Hall–Kier alpha value is -0.333. The van der Waals surface area contributed by atoms with Crippen LogP contribution in [0.15, 0.2) is 0 Å². The lowest BCUT2D eigenvalue weighted by Crippen LogP contribution is -2.46. The molecule has 0 amide bonds. The van der Waals surface area contributed by atoms with E-state index < -0.39 is 8.24 Å². The molecule has 0 aliphatic carbocycles. The summed E-state index contributed by atoms with van der Waals surface area (Å²) in [4.78, 5) is 0. The molecule has 0 rings (SSSR count). The molecular weight excluding hydrogens is 176 g/mol. The van der Waals surface area contributed by atoms with E-state index >= 15 is 0 Å². The third kappa shape index (κ3) is 5.84. The number of nitriles is 1. The first-order valence-corrected chi connectivity index (χ1v) is 8.59. The fourth-order valence-corrected chi connectivity index (χ4v) is 3.25. The van der Waals surface area contributed by atoms with Crippen LogP contribution in [0.1, 0.15) is 26.2 Å². The molecule has 76 valence electrons. The van der Waals surface area contributed by atoms with Crippen LogP contribution in [-0.4, -0.2) is 25.9 Å². The molecule has 0 fully saturated rings. The van der Waals surface area contributed by atoms with Gasteiger partial charge >= 0.3 is 0 Å². The predicted molar refractivity (Wildman–Crippen MR) is 60.1 cm³/mol. The van der Waals surface area contributed by atoms with Crippen molar-refractivity contribution in [2.24, 2.45) is 0 Å². The highest BCUT2D eigenvalue weighted by Crippen LogP contribution is 2.10. The SMILES string of the molecule is CCN(CCCCC#N)[Si](C)(C)C. The van der Waals surface area contributed by atoms with Crippen LogP contribution in [0.3, 0.4) is 0 Å². The Bertz CT molecular complexity index is 167. The average Bonchev–Trinajstić information content (AvgIpc) is 2.02. The predicted octanol–water partition coefficient (Wildman–Crippen LogP) is 2.84. The van der Waals surface area contributed by atoms with Gasteiger partial charge < -0.3 is 4.57 Å². The Labute approximate surface area is 83.6 Å². The minimum Gasteiger partial charge on any atom is -0.324 e. The number of rotatable bonds is 6. The normalized spacial score (nSPS) is 11.7. The standard InChI is InChI=1S/C10H22N2Si/c1-5-12(13(2,3)4)10-8-6-7-9-11/h5-8,10H2,1-4H3. The summed E-state index contributed by atoms with van der Waals surface area (Å²) in [6.45, 7) is 11.7. The fraction of sp³-hybridized carbons (Fsp3) is 0.900. The van der Waals surface area contributed by atoms with Crippen molar-refractivity contribution in [2.45, 2.75) is 45.8 Å². The molecule has 3 heteroatoms. The molecule has 0 saturated carbocycles. The highest BCUT2D eigenvalue weighted by atomic mass is 28.3. The lowest BCUT2D eigenvalue weighted by molar-refractivity contribution is 0.429. The second-order valence-corrected chi connectivity index (χ2v) is 9.34. The maximum absolute atomic E-state index is 8.39. The zero-order chi connectivity index (χ0) is 10.3. The van der Waals surface area contributed by atoms with Crippen molar-refractivity contribution in [2.75, 3.05) is 13.1 Å². The van der Waals surface area contributed by atoms with E-state index in [-0.39, 0.29) is 0 Å². The van der Waals surface area contributed by atoms with E-state index in [1.807, 2.05) is 0 Å². The molecule has 2 nitrogen and oxygen atoms in total. The van der Waals surface area contributed by atoms with Gasteiger partial charge in [-0.25, -0.2) is 0 Å². The molecular formula is C10H22N2Si. The molecule has 0 heterocycles. The molecule has 0 aliphatic heterocycles. The monoisotopic (exact) mass is 198 g/mol. The number of hydrogen-bond donors (Lipinski definition) is 0. The van der Waals surface area contributed by atoms with E-state index in [4.69, 9.17) is 5.26 Å². The second kappa shape index (κ2) is 6.17. The Kier molecular flexibility index (Phi) is 6.01. The fourth-order valence-electron chi connectivity index (χ4n) is 1.47. The van der Waals surface area contributed by atoms with Gasteiger partial charge in [0.05, 0.1) is 6.07 Å². The molecule has 0 atom stereocenters. The van der Waals surface area contributed by atoms with E-state index in [0.29, 0.717) is 6.42 Å². The maximum atomic E-state index is 8.39. The van der Waals surface area contributed by atoms with Crippen LogP contribution in [0.4, 0.5) is 0 Å². The van der Waals surface area contributed by atoms with Crippen LogP contribution in [0.5, 0.6) is 0 Å². The average molecular weight is 198 g/mol. The van der Waals surface area contributed by atoms with E-state index in [2.05, 4.69) is 37.2 Å². The lowest BCUT2D eigenvalue weighted by atomic mass is 10.2. The van der Waals surface area contributed by atoms with Gasteiger partial charge in [-0.15, -0.1) is 0 Å². The van der Waals surface area contributed by atoms with Gasteiger partial charge in [-0.3, -0.25) is 0 Å². The molecule has 0 aromatic heterocycles. The van der Waals surface area contributed by atoms with Gasteiger partial charge in [0, 0.05) is 6.42 Å². The molecule has 0 radical (unpaired) electrons. The first-order valence-electron chi connectivity index (χ1n) is 5.14. The Morgan fingerprint density at radius 1 is 1.23 bits per heavy atom. The van der Waals surface area contributed by atoms with E-state index in [1.165, 1.54) is 13.0 Å². The quantitative estimate of drug-likeness (QED) is 0.485. The highest BCUT2D eigenvalue weighted by molar-refractivity contribution is 6.73. The number of unbranched alkanes of at least 4 members (excludes halogenated alkanes) is 2. The minimum absolute atomic E-state index is 0.712. The Morgan fingerprint density at radius 3 is 2.23 bits per heavy atom. The first-order chi connectivity index (χ1) is 6.02. The summed E-state index contributed by atoms with van der Waals surface area (Å²) < 4.78 is 2.59. The largest absolute Gasteiger partial charge is 0.324 e. The van der Waals surface area contributed by atoms with Crippen molar-refractivity contribution in [3.8, 4) is 6.07 Å². The summed E-state index contributed by atoms with van der Waals surface area (Å²) in [5.41, 5.74) is 0. The molecule has 0 aromatic carbocycles. The van der Waals surface area contributed by atoms with Crippen molar-refractivity contribution in [1.29, 1.82) is 5.26 Å². The van der Waals surface area contributed by atoms with Crippen LogP contribution in [0.25, 0.3) is 0 Å². The summed E-state index contributed by atoms with van der Waals surface area (Å²) >= 11 is 0. The summed E-state index contributed by atoms with van der Waals surface area (Å²) in [7, 11) is -1.10. The van der Waals surface area contributed by atoms with Gasteiger partial charge in [-0.1, -0.05) is 26.6 Å². The molecule has 13 heavy (non-hydrogen) atoms. The number of hydrogen-bond acceptors (Lipinski definition) is 2. The van der Waals surface area contributed by atoms with Gasteiger partial charge in [-0.05, 0) is 25.9 Å². The van der Waals surface area contributed by atoms with Crippen LogP contribution in [0.2, 0.25) is 19.6 Å². The van der Waals surface area contributed by atoms with Gasteiger partial charge in [0.15, 0.2) is 0 Å². The van der Waals surface area contributed by atoms with Crippen LogP contribution >= 0.6 is 0 Å². The molecule has 0 N–H and O–H groups in total. The zero-order valence-corrected chi connectivity index (χ0v) is 10.4. The van der Waals surface area contributed by atoms with E-state index in [1.54, 1.807) is 0 Å². The second-order valence-electron chi connectivity index (χ2n) is 4.37. The molecule has 0 unspecified atom stereocenters. The third-order valence-corrected chi connectivity index (χ3v) is 4.73. The van der Waals surface area contributed by atoms with Crippen molar-refractivity contribution in [3.05, 3.63) is 0 Å². The van der Waals surface area contributed by atoms with Gasteiger partial charge in [-0.2, -0.15) is 5.26 Å². The lowest BCUT2D eigenvalue weighted by Gasteiger charge is -2.32. The molecule has 0 spiro atoms. The van der Waals surface area contributed by atoms with Crippen LogP contribution in [0, 0.1) is 11.3 Å². The van der Waals surface area contributed by atoms with Gasteiger partial charge in [0.2, 0.25) is 0 Å². The van der Waals surface area contributed by atoms with Crippen molar-refractivity contribution >= 4 is 8.24 Å². The first kappa shape index (κ1) is 12.7. The summed E-state index contributed by atoms with van der Waals surface area (Å²) in [5, 5.41) is 8.39. The van der Waals surface area contributed by atoms with Gasteiger partial charge in [0.1, 0.15) is 8.24 Å². The third-order valence-electron chi connectivity index (χ3n) is 2.30. The van der Waals surface area contributed by atoms with Crippen molar-refractivity contribution in [3.63, 3.8) is 0 Å². The minimum atomic E-state index is -1.10. The smallest absolute Gasteiger partial charge is 0.119 e. The van der Waals surface area contributed by atoms with Crippen molar-refractivity contribution in [1.82, 2.24) is 4.57 Å². The van der Waals surface area contributed by atoms with Crippen LogP contribution < -0.4 is 0 Å². The molecule has 0 aromatic rings. The summed E-state index contributed by atoms with van der Waals surface area (Å²) in [5.74, 6) is 0.